The van der Waals surface area contributed by atoms with Crippen molar-refractivity contribution in [3.63, 3.8) is 0 Å². The number of benzene rings is 2. The fourth-order valence-corrected chi connectivity index (χ4v) is 2.19. The average Bonchev–Trinajstić information content (AvgIpc) is 2.99. The number of hydrogen-bond acceptors (Lipinski definition) is 4. The molecule has 5 nitrogen and oxygen atoms in total. The minimum atomic E-state index is -0.581. The van der Waals surface area contributed by atoms with Crippen LogP contribution in [0.5, 0.6) is 0 Å². The van der Waals surface area contributed by atoms with Crippen molar-refractivity contribution in [3.8, 4) is 5.69 Å². The molecule has 3 aromatic rings. The highest BCUT2D eigenvalue weighted by Crippen LogP contribution is 2.13. The number of anilines is 1. The predicted octanol–water partition coefficient (Wildman–Crippen LogP) is 2.90. The standard InChI is InChI=1S/C16H15F2N5/c1-11-2-6-14(7-3-11)23-16(20-21-22-23)19-9-8-12-4-5-13(17)10-15(12)18/h2-7,10H,8-9H2,1H3,(H,19,20,22). The number of rotatable bonds is 5. The normalized spacial score (nSPS) is 10.7. The fraction of sp³-hybridized carbons (Fsp3) is 0.188. The average molecular weight is 315 g/mol. The number of halogens is 2. The van der Waals surface area contributed by atoms with E-state index in [-0.39, 0.29) is 0 Å². The second kappa shape index (κ2) is 6.51. The molecule has 1 heterocycles. The summed E-state index contributed by atoms with van der Waals surface area (Å²) in [4.78, 5) is 0. The minimum Gasteiger partial charge on any atom is -0.352 e. The second-order valence-electron chi connectivity index (χ2n) is 5.16. The van der Waals surface area contributed by atoms with E-state index in [1.54, 1.807) is 4.68 Å². The molecule has 0 saturated carbocycles. The van der Waals surface area contributed by atoms with E-state index >= 15 is 0 Å². The van der Waals surface area contributed by atoms with Crippen LogP contribution in [0.15, 0.2) is 42.5 Å². The molecular weight excluding hydrogens is 300 g/mol. The molecule has 0 amide bonds. The van der Waals surface area contributed by atoms with Gasteiger partial charge in [0, 0.05) is 12.6 Å². The van der Waals surface area contributed by atoms with Crippen LogP contribution in [0.25, 0.3) is 5.69 Å². The lowest BCUT2D eigenvalue weighted by Crippen LogP contribution is -2.11. The zero-order chi connectivity index (χ0) is 16.2. The summed E-state index contributed by atoms with van der Waals surface area (Å²) in [5.74, 6) is -0.663. The smallest absolute Gasteiger partial charge is 0.247 e. The molecule has 0 fully saturated rings. The maximum Gasteiger partial charge on any atom is 0.247 e. The van der Waals surface area contributed by atoms with E-state index < -0.39 is 11.6 Å². The zero-order valence-electron chi connectivity index (χ0n) is 12.5. The summed E-state index contributed by atoms with van der Waals surface area (Å²) in [5.41, 5.74) is 2.41. The lowest BCUT2D eigenvalue weighted by molar-refractivity contribution is 0.572. The molecule has 1 aromatic heterocycles. The molecule has 0 spiro atoms. The number of tetrazole rings is 1. The van der Waals surface area contributed by atoms with Crippen molar-refractivity contribution in [2.45, 2.75) is 13.3 Å². The Labute approximate surface area is 132 Å². The maximum atomic E-state index is 13.6. The quantitative estimate of drug-likeness (QED) is 0.786. The lowest BCUT2D eigenvalue weighted by Gasteiger charge is -2.08. The van der Waals surface area contributed by atoms with Crippen molar-refractivity contribution >= 4 is 5.95 Å². The summed E-state index contributed by atoms with van der Waals surface area (Å²) in [6.45, 7) is 2.43. The molecule has 1 N–H and O–H groups in total. The van der Waals surface area contributed by atoms with Crippen molar-refractivity contribution in [2.75, 3.05) is 11.9 Å². The molecule has 0 radical (unpaired) electrons. The molecular formula is C16H15F2N5. The molecule has 0 atom stereocenters. The Bertz CT molecular complexity index is 798. The summed E-state index contributed by atoms with van der Waals surface area (Å²) in [5, 5.41) is 14.6. The van der Waals surface area contributed by atoms with Gasteiger partial charge in [-0.25, -0.2) is 8.78 Å². The van der Waals surface area contributed by atoms with Crippen molar-refractivity contribution in [1.82, 2.24) is 20.2 Å². The van der Waals surface area contributed by atoms with E-state index in [2.05, 4.69) is 20.8 Å². The highest BCUT2D eigenvalue weighted by Gasteiger charge is 2.08. The molecule has 0 aliphatic rings. The van der Waals surface area contributed by atoms with Crippen LogP contribution in [-0.2, 0) is 6.42 Å². The van der Waals surface area contributed by atoms with Gasteiger partial charge in [-0.15, -0.1) is 0 Å². The first-order chi connectivity index (χ1) is 11.1. The van der Waals surface area contributed by atoms with Crippen LogP contribution < -0.4 is 5.32 Å². The Hall–Kier alpha value is -2.83. The molecule has 2 aromatic carbocycles. The van der Waals surface area contributed by atoms with Gasteiger partial charge in [0.15, 0.2) is 0 Å². The molecule has 0 saturated heterocycles. The van der Waals surface area contributed by atoms with Crippen LogP contribution in [-0.4, -0.2) is 26.8 Å². The van der Waals surface area contributed by atoms with Crippen molar-refractivity contribution < 1.29 is 8.78 Å². The van der Waals surface area contributed by atoms with Crippen molar-refractivity contribution in [1.29, 1.82) is 0 Å². The summed E-state index contributed by atoms with van der Waals surface area (Å²) < 4.78 is 28.0. The van der Waals surface area contributed by atoms with Crippen LogP contribution in [0, 0.1) is 18.6 Å². The van der Waals surface area contributed by atoms with Crippen LogP contribution in [0.2, 0.25) is 0 Å². The van der Waals surface area contributed by atoms with Gasteiger partial charge in [-0.05, 0) is 47.5 Å². The van der Waals surface area contributed by atoms with Crippen LogP contribution >= 0.6 is 0 Å². The number of nitrogens with zero attached hydrogens (tertiary/aromatic N) is 4. The number of hydrogen-bond donors (Lipinski definition) is 1. The fourth-order valence-electron chi connectivity index (χ4n) is 2.19. The highest BCUT2D eigenvalue weighted by atomic mass is 19.1. The van der Waals surface area contributed by atoms with E-state index in [9.17, 15) is 8.78 Å². The number of aromatic nitrogens is 4. The van der Waals surface area contributed by atoms with Gasteiger partial charge in [0.1, 0.15) is 11.6 Å². The molecule has 3 rings (SSSR count). The summed E-state index contributed by atoms with van der Waals surface area (Å²) in [6.07, 6.45) is 0.396. The van der Waals surface area contributed by atoms with Gasteiger partial charge in [-0.2, -0.15) is 4.68 Å². The van der Waals surface area contributed by atoms with Crippen LogP contribution in [0.4, 0.5) is 14.7 Å². The van der Waals surface area contributed by atoms with E-state index in [1.165, 1.54) is 12.1 Å². The van der Waals surface area contributed by atoms with Gasteiger partial charge >= 0.3 is 0 Å². The Balaban J connectivity index is 1.67. The molecule has 0 bridgehead atoms. The topological polar surface area (TPSA) is 55.6 Å². The molecule has 7 heteroatoms. The molecule has 118 valence electrons. The molecule has 0 unspecified atom stereocenters. The summed E-state index contributed by atoms with van der Waals surface area (Å²) >= 11 is 0. The molecule has 23 heavy (non-hydrogen) atoms. The Morgan fingerprint density at radius 1 is 1.09 bits per heavy atom. The van der Waals surface area contributed by atoms with Crippen molar-refractivity contribution in [2.24, 2.45) is 0 Å². The van der Waals surface area contributed by atoms with Gasteiger partial charge in [0.25, 0.3) is 0 Å². The Kier molecular flexibility index (Phi) is 4.27. The maximum absolute atomic E-state index is 13.6. The predicted molar refractivity (Wildman–Crippen MR) is 82.4 cm³/mol. The van der Waals surface area contributed by atoms with Crippen molar-refractivity contribution in [3.05, 3.63) is 65.2 Å². The van der Waals surface area contributed by atoms with E-state index in [1.807, 2.05) is 31.2 Å². The first-order valence-corrected chi connectivity index (χ1v) is 7.17. The van der Waals surface area contributed by atoms with Gasteiger partial charge in [0.2, 0.25) is 5.95 Å². The first kappa shape index (κ1) is 15.1. The third-order valence-electron chi connectivity index (χ3n) is 3.44. The van der Waals surface area contributed by atoms with E-state index in [0.717, 1.165) is 17.3 Å². The first-order valence-electron chi connectivity index (χ1n) is 7.17. The number of nitrogens with one attached hydrogen (secondary N) is 1. The minimum absolute atomic E-state index is 0.396. The van der Waals surface area contributed by atoms with Gasteiger partial charge in [-0.1, -0.05) is 28.9 Å². The zero-order valence-corrected chi connectivity index (χ0v) is 12.5. The monoisotopic (exact) mass is 315 g/mol. The van der Waals surface area contributed by atoms with E-state index in [4.69, 9.17) is 0 Å². The summed E-state index contributed by atoms with van der Waals surface area (Å²) in [7, 11) is 0. The largest absolute Gasteiger partial charge is 0.352 e. The Morgan fingerprint density at radius 3 is 2.61 bits per heavy atom. The number of aryl methyl sites for hydroxylation is 1. The van der Waals surface area contributed by atoms with Gasteiger partial charge in [0.05, 0.1) is 5.69 Å². The third-order valence-corrected chi connectivity index (χ3v) is 3.44. The van der Waals surface area contributed by atoms with Crippen LogP contribution in [0.1, 0.15) is 11.1 Å². The molecule has 0 aliphatic carbocycles. The van der Waals surface area contributed by atoms with Gasteiger partial charge in [-0.3, -0.25) is 0 Å². The SMILES string of the molecule is Cc1ccc(-n2nnnc2NCCc2ccc(F)cc2F)cc1. The third kappa shape index (κ3) is 3.50. The summed E-state index contributed by atoms with van der Waals surface area (Å²) in [6, 6.07) is 11.3. The highest BCUT2D eigenvalue weighted by molar-refractivity contribution is 5.40. The second-order valence-corrected chi connectivity index (χ2v) is 5.16. The van der Waals surface area contributed by atoms with E-state index in [0.29, 0.717) is 24.5 Å². The van der Waals surface area contributed by atoms with Gasteiger partial charge < -0.3 is 5.32 Å². The molecule has 0 aliphatic heterocycles. The lowest BCUT2D eigenvalue weighted by atomic mass is 10.1. The van der Waals surface area contributed by atoms with Crippen LogP contribution in [0.3, 0.4) is 0 Å². The Morgan fingerprint density at radius 2 is 1.87 bits per heavy atom.